The highest BCUT2D eigenvalue weighted by atomic mass is 32.2. The maximum absolute atomic E-state index is 13.3. The number of carbonyl (C=O) groups is 1. The third kappa shape index (κ3) is 4.50. The molecule has 0 bridgehead atoms. The van der Waals surface area contributed by atoms with E-state index in [0.717, 1.165) is 28.0 Å². The number of nitrogens with zero attached hydrogens (tertiary/aromatic N) is 1. The van der Waals surface area contributed by atoms with Crippen molar-refractivity contribution in [1.29, 1.82) is 0 Å². The third-order valence-electron chi connectivity index (χ3n) is 5.41. The number of nitrogens with one attached hydrogen (secondary N) is 1. The van der Waals surface area contributed by atoms with Crippen LogP contribution in [0, 0.1) is 0 Å². The molecule has 9 heteroatoms. The van der Waals surface area contributed by atoms with Crippen molar-refractivity contribution in [3.63, 3.8) is 0 Å². The molecule has 1 aliphatic rings. The highest BCUT2D eigenvalue weighted by Gasteiger charge is 2.32. The quantitative estimate of drug-likeness (QED) is 0.569. The lowest BCUT2D eigenvalue weighted by Gasteiger charge is -2.28. The van der Waals surface area contributed by atoms with Gasteiger partial charge in [0.15, 0.2) is 0 Å². The van der Waals surface area contributed by atoms with Crippen LogP contribution in [0.3, 0.4) is 0 Å². The summed E-state index contributed by atoms with van der Waals surface area (Å²) in [5, 5.41) is 4.45. The van der Waals surface area contributed by atoms with Gasteiger partial charge in [-0.05, 0) is 46.7 Å². The molecule has 0 radical (unpaired) electrons. The van der Waals surface area contributed by atoms with Gasteiger partial charge in [-0.15, -0.1) is 11.3 Å². The molecule has 0 spiro atoms. The SMILES string of the molecule is COc1cc(CNC(=O)c2sccc2S(=O)(=O)N2CCc3ccccc3C2)cc(OC)c1. The Balaban J connectivity index is 1.51. The Morgan fingerprint density at radius 3 is 2.44 bits per heavy atom. The minimum atomic E-state index is -3.80. The van der Waals surface area contributed by atoms with Gasteiger partial charge in [0.1, 0.15) is 21.3 Å². The van der Waals surface area contributed by atoms with E-state index in [-0.39, 0.29) is 16.3 Å². The average molecular weight is 473 g/mol. The first-order valence-corrected chi connectivity index (χ1v) is 12.4. The number of thiophene rings is 1. The van der Waals surface area contributed by atoms with E-state index in [0.29, 0.717) is 31.0 Å². The van der Waals surface area contributed by atoms with Crippen LogP contribution in [0.5, 0.6) is 11.5 Å². The second-order valence-corrected chi connectivity index (χ2v) is 10.2. The second-order valence-electron chi connectivity index (χ2n) is 7.37. The summed E-state index contributed by atoms with van der Waals surface area (Å²) in [7, 11) is -0.690. The number of benzene rings is 2. The Kier molecular flexibility index (Phi) is 6.50. The molecular weight excluding hydrogens is 448 g/mol. The number of sulfonamides is 1. The van der Waals surface area contributed by atoms with E-state index in [1.54, 1.807) is 37.8 Å². The van der Waals surface area contributed by atoms with E-state index in [2.05, 4.69) is 5.32 Å². The second kappa shape index (κ2) is 9.32. The van der Waals surface area contributed by atoms with Gasteiger partial charge in [0.05, 0.1) is 14.2 Å². The topological polar surface area (TPSA) is 84.9 Å². The molecule has 1 aromatic heterocycles. The molecular formula is C23H24N2O5S2. The van der Waals surface area contributed by atoms with Crippen molar-refractivity contribution in [3.8, 4) is 11.5 Å². The maximum atomic E-state index is 13.3. The Morgan fingerprint density at radius 2 is 1.75 bits per heavy atom. The fraction of sp³-hybridized carbons (Fsp3) is 0.261. The van der Waals surface area contributed by atoms with Gasteiger partial charge < -0.3 is 14.8 Å². The lowest BCUT2D eigenvalue weighted by atomic mass is 10.0. The number of carbonyl (C=O) groups excluding carboxylic acids is 1. The minimum Gasteiger partial charge on any atom is -0.497 e. The average Bonchev–Trinajstić information content (AvgIpc) is 3.33. The monoisotopic (exact) mass is 472 g/mol. The standard InChI is InChI=1S/C23H24N2O5S2/c1-29-19-11-16(12-20(13-19)30-2)14-24-23(26)22-21(8-10-31-22)32(27,28)25-9-7-17-5-3-4-6-18(17)15-25/h3-6,8,10-13H,7,9,14-15H2,1-2H3,(H,24,26). The largest absolute Gasteiger partial charge is 0.497 e. The summed E-state index contributed by atoms with van der Waals surface area (Å²) < 4.78 is 38.6. The lowest BCUT2D eigenvalue weighted by molar-refractivity contribution is 0.0951. The van der Waals surface area contributed by atoms with Crippen LogP contribution in [-0.2, 0) is 29.5 Å². The van der Waals surface area contributed by atoms with Crippen molar-refractivity contribution in [2.45, 2.75) is 24.4 Å². The number of hydrogen-bond donors (Lipinski definition) is 1. The van der Waals surface area contributed by atoms with Crippen LogP contribution in [0.25, 0.3) is 0 Å². The summed E-state index contributed by atoms with van der Waals surface area (Å²) in [5.41, 5.74) is 2.94. The third-order valence-corrected chi connectivity index (χ3v) is 8.34. The Labute approximate surface area is 191 Å². The number of amides is 1. The van der Waals surface area contributed by atoms with Crippen molar-refractivity contribution in [2.24, 2.45) is 0 Å². The lowest BCUT2D eigenvalue weighted by Crippen LogP contribution is -2.36. The molecule has 0 saturated carbocycles. The Morgan fingerprint density at radius 1 is 1.06 bits per heavy atom. The summed E-state index contributed by atoms with van der Waals surface area (Å²) in [6, 6.07) is 14.7. The van der Waals surface area contributed by atoms with Crippen LogP contribution in [0.2, 0.25) is 0 Å². The molecule has 3 aromatic rings. The molecule has 1 aliphatic heterocycles. The molecule has 168 valence electrons. The zero-order chi connectivity index (χ0) is 22.7. The first-order chi connectivity index (χ1) is 15.4. The molecule has 2 aromatic carbocycles. The molecule has 0 saturated heterocycles. The molecule has 0 aliphatic carbocycles. The number of rotatable bonds is 7. The zero-order valence-corrected chi connectivity index (χ0v) is 19.5. The first kappa shape index (κ1) is 22.3. The summed E-state index contributed by atoms with van der Waals surface area (Å²) in [5.74, 6) is 0.787. The van der Waals surface area contributed by atoms with E-state index in [9.17, 15) is 13.2 Å². The van der Waals surface area contributed by atoms with Gasteiger partial charge in [-0.25, -0.2) is 8.42 Å². The van der Waals surface area contributed by atoms with Gasteiger partial charge in [-0.3, -0.25) is 4.79 Å². The fourth-order valence-electron chi connectivity index (χ4n) is 3.71. The maximum Gasteiger partial charge on any atom is 0.263 e. The molecule has 1 amide bonds. The number of methoxy groups -OCH3 is 2. The first-order valence-electron chi connectivity index (χ1n) is 10.1. The Bertz CT molecular complexity index is 1210. The molecule has 0 atom stereocenters. The molecule has 0 unspecified atom stereocenters. The van der Waals surface area contributed by atoms with Crippen molar-refractivity contribution in [2.75, 3.05) is 20.8 Å². The molecule has 0 fully saturated rings. The predicted molar refractivity (Wildman–Crippen MR) is 123 cm³/mol. The van der Waals surface area contributed by atoms with Crippen LogP contribution in [0.4, 0.5) is 0 Å². The van der Waals surface area contributed by atoms with E-state index >= 15 is 0 Å². The highest BCUT2D eigenvalue weighted by Crippen LogP contribution is 2.29. The summed E-state index contributed by atoms with van der Waals surface area (Å²) >= 11 is 1.12. The summed E-state index contributed by atoms with van der Waals surface area (Å²) in [6.07, 6.45) is 0.652. The van der Waals surface area contributed by atoms with Crippen molar-refractivity contribution in [3.05, 3.63) is 75.5 Å². The van der Waals surface area contributed by atoms with Crippen molar-refractivity contribution in [1.82, 2.24) is 9.62 Å². The van der Waals surface area contributed by atoms with Crippen molar-refractivity contribution < 1.29 is 22.7 Å². The minimum absolute atomic E-state index is 0.0441. The van der Waals surface area contributed by atoms with Crippen LogP contribution in [-0.4, -0.2) is 39.4 Å². The van der Waals surface area contributed by atoms with Crippen LogP contribution in [0.15, 0.2) is 58.8 Å². The van der Waals surface area contributed by atoms with Gasteiger partial charge in [-0.2, -0.15) is 4.31 Å². The zero-order valence-electron chi connectivity index (χ0n) is 17.8. The van der Waals surface area contributed by atoms with Crippen LogP contribution in [0.1, 0.15) is 26.4 Å². The van der Waals surface area contributed by atoms with E-state index in [1.807, 2.05) is 24.3 Å². The number of hydrogen-bond acceptors (Lipinski definition) is 6. The van der Waals surface area contributed by atoms with E-state index < -0.39 is 15.9 Å². The predicted octanol–water partition coefficient (Wildman–Crippen LogP) is 3.44. The molecule has 32 heavy (non-hydrogen) atoms. The van der Waals surface area contributed by atoms with Gasteiger partial charge in [0.25, 0.3) is 5.91 Å². The number of fused-ring (bicyclic) bond motifs is 1. The van der Waals surface area contributed by atoms with Crippen LogP contribution < -0.4 is 14.8 Å². The number of ether oxygens (including phenoxy) is 2. The van der Waals surface area contributed by atoms with Crippen LogP contribution >= 0.6 is 11.3 Å². The molecule has 1 N–H and O–H groups in total. The summed E-state index contributed by atoms with van der Waals surface area (Å²) in [6.45, 7) is 0.903. The van der Waals surface area contributed by atoms with E-state index in [1.165, 1.54) is 10.4 Å². The molecule has 4 rings (SSSR count). The normalized spacial score (nSPS) is 13.9. The summed E-state index contributed by atoms with van der Waals surface area (Å²) in [4.78, 5) is 13.1. The smallest absolute Gasteiger partial charge is 0.263 e. The molecule has 7 nitrogen and oxygen atoms in total. The van der Waals surface area contributed by atoms with Gasteiger partial charge in [0.2, 0.25) is 10.0 Å². The van der Waals surface area contributed by atoms with Gasteiger partial charge >= 0.3 is 0 Å². The highest BCUT2D eigenvalue weighted by molar-refractivity contribution is 7.89. The van der Waals surface area contributed by atoms with E-state index in [4.69, 9.17) is 9.47 Å². The van der Waals surface area contributed by atoms with Gasteiger partial charge in [-0.1, -0.05) is 24.3 Å². The molecule has 2 heterocycles. The fourth-order valence-corrected chi connectivity index (χ4v) is 6.45. The van der Waals surface area contributed by atoms with Crippen molar-refractivity contribution >= 4 is 27.3 Å². The van der Waals surface area contributed by atoms with Gasteiger partial charge in [0, 0.05) is 25.7 Å². The Hall–Kier alpha value is -2.88.